The molecule has 0 saturated heterocycles. The Kier molecular flexibility index (Phi) is 4.45. The molecule has 3 rings (SSSR count). The molecule has 132 valence electrons. The van der Waals surface area contributed by atoms with E-state index in [0.717, 1.165) is 11.5 Å². The normalized spacial score (nSPS) is 11.3. The van der Waals surface area contributed by atoms with Crippen molar-refractivity contribution in [2.75, 3.05) is 5.32 Å². The number of amides is 1. The second-order valence-electron chi connectivity index (χ2n) is 5.61. The fraction of sp³-hybridized carbons (Fsp3) is 0. The van der Waals surface area contributed by atoms with E-state index in [1.54, 1.807) is 30.3 Å². The van der Waals surface area contributed by atoms with Crippen LogP contribution in [0.15, 0.2) is 65.6 Å². The Bertz CT molecular complexity index is 1140. The molecular weight excluding hydrogens is 354 g/mol. The minimum absolute atomic E-state index is 0.0832. The van der Waals surface area contributed by atoms with Gasteiger partial charge in [-0.25, -0.2) is 0 Å². The molecule has 0 bridgehead atoms. The second-order valence-corrected chi connectivity index (χ2v) is 7.03. The second kappa shape index (κ2) is 6.58. The van der Waals surface area contributed by atoms with Gasteiger partial charge in [0.25, 0.3) is 16.0 Å². The number of hydrogen-bond acceptors (Lipinski definition) is 4. The van der Waals surface area contributed by atoms with Gasteiger partial charge in [0.05, 0.1) is 4.90 Å². The Morgan fingerprint density at radius 1 is 1.00 bits per heavy atom. The van der Waals surface area contributed by atoms with Crippen molar-refractivity contribution in [2.45, 2.75) is 4.90 Å². The summed E-state index contributed by atoms with van der Waals surface area (Å²) in [5, 5.41) is 11.8. The van der Waals surface area contributed by atoms with Gasteiger partial charge < -0.3 is 11.1 Å². The molecular formula is C18H15N3O4S. The summed E-state index contributed by atoms with van der Waals surface area (Å²) in [5.41, 5.74) is 6.62. The molecule has 0 saturated carbocycles. The van der Waals surface area contributed by atoms with Crippen LogP contribution in [-0.2, 0) is 10.1 Å². The van der Waals surface area contributed by atoms with E-state index in [0.29, 0.717) is 16.6 Å². The summed E-state index contributed by atoms with van der Waals surface area (Å²) in [6, 6.07) is 15.6. The first-order valence-corrected chi connectivity index (χ1v) is 8.96. The molecule has 0 aliphatic rings. The molecule has 5 N–H and O–H groups in total. The van der Waals surface area contributed by atoms with Gasteiger partial charge >= 0.3 is 0 Å². The number of nitrogens with two attached hydrogens (primary N) is 1. The van der Waals surface area contributed by atoms with Crippen molar-refractivity contribution in [3.63, 3.8) is 0 Å². The van der Waals surface area contributed by atoms with Crippen molar-refractivity contribution in [3.05, 3.63) is 71.8 Å². The molecule has 0 atom stereocenters. The standard InChI is InChI=1S/C18H15N3O4S/c19-17(20)12-8-7-11-3-2-6-16(15(11)10-12)21-18(22)13-4-1-5-14(9-13)26(23,24)25/h1-10H,(H3,19,20)(H,21,22)(H,23,24,25). The Labute approximate surface area is 149 Å². The highest BCUT2D eigenvalue weighted by Crippen LogP contribution is 2.25. The Balaban J connectivity index is 2.00. The lowest BCUT2D eigenvalue weighted by molar-refractivity contribution is 0.102. The van der Waals surface area contributed by atoms with E-state index < -0.39 is 16.0 Å². The number of benzene rings is 3. The molecule has 3 aromatic carbocycles. The highest BCUT2D eigenvalue weighted by atomic mass is 32.2. The third kappa shape index (κ3) is 3.56. The summed E-state index contributed by atoms with van der Waals surface area (Å²) < 4.78 is 31.6. The van der Waals surface area contributed by atoms with E-state index in [1.165, 1.54) is 18.2 Å². The summed E-state index contributed by atoms with van der Waals surface area (Å²) in [6.07, 6.45) is 0. The summed E-state index contributed by atoms with van der Waals surface area (Å²) in [7, 11) is -4.40. The molecule has 3 aromatic rings. The van der Waals surface area contributed by atoms with Crippen LogP contribution in [0.3, 0.4) is 0 Å². The average Bonchev–Trinajstić information content (AvgIpc) is 2.61. The van der Waals surface area contributed by atoms with Gasteiger partial charge in [-0.3, -0.25) is 14.8 Å². The maximum absolute atomic E-state index is 12.5. The van der Waals surface area contributed by atoms with E-state index in [4.69, 9.17) is 15.7 Å². The van der Waals surface area contributed by atoms with E-state index in [2.05, 4.69) is 5.32 Å². The van der Waals surface area contributed by atoms with Crippen LogP contribution in [0.1, 0.15) is 15.9 Å². The maximum atomic E-state index is 12.5. The van der Waals surface area contributed by atoms with Gasteiger partial charge in [0.1, 0.15) is 5.84 Å². The van der Waals surface area contributed by atoms with Gasteiger partial charge in [-0.2, -0.15) is 8.42 Å². The Morgan fingerprint density at radius 3 is 2.42 bits per heavy atom. The van der Waals surface area contributed by atoms with Crippen LogP contribution in [0.5, 0.6) is 0 Å². The third-order valence-corrected chi connectivity index (χ3v) is 4.69. The average molecular weight is 369 g/mol. The minimum Gasteiger partial charge on any atom is -0.384 e. The van der Waals surface area contributed by atoms with Crippen molar-refractivity contribution >= 4 is 38.3 Å². The maximum Gasteiger partial charge on any atom is 0.294 e. The molecule has 0 radical (unpaired) electrons. The van der Waals surface area contributed by atoms with Crippen molar-refractivity contribution in [1.82, 2.24) is 0 Å². The van der Waals surface area contributed by atoms with Crippen LogP contribution in [0.25, 0.3) is 10.8 Å². The Morgan fingerprint density at radius 2 is 1.73 bits per heavy atom. The molecule has 8 heteroatoms. The largest absolute Gasteiger partial charge is 0.384 e. The molecule has 26 heavy (non-hydrogen) atoms. The number of amidine groups is 1. The Hall–Kier alpha value is -3.23. The zero-order valence-corrected chi connectivity index (χ0v) is 14.2. The van der Waals surface area contributed by atoms with E-state index in [-0.39, 0.29) is 16.3 Å². The monoisotopic (exact) mass is 369 g/mol. The molecule has 0 aromatic heterocycles. The fourth-order valence-electron chi connectivity index (χ4n) is 2.54. The minimum atomic E-state index is -4.40. The fourth-order valence-corrected chi connectivity index (χ4v) is 3.07. The molecule has 0 aliphatic carbocycles. The third-order valence-electron chi connectivity index (χ3n) is 3.84. The zero-order valence-electron chi connectivity index (χ0n) is 13.4. The first kappa shape index (κ1) is 17.6. The number of nitrogen functional groups attached to an aromatic ring is 1. The number of nitrogens with one attached hydrogen (secondary N) is 2. The molecule has 0 spiro atoms. The first-order chi connectivity index (χ1) is 12.3. The van der Waals surface area contributed by atoms with Crippen LogP contribution >= 0.6 is 0 Å². The van der Waals surface area contributed by atoms with Crippen molar-refractivity contribution in [2.24, 2.45) is 5.73 Å². The lowest BCUT2D eigenvalue weighted by Crippen LogP contribution is -2.14. The van der Waals surface area contributed by atoms with Gasteiger partial charge in [0.2, 0.25) is 0 Å². The lowest BCUT2D eigenvalue weighted by Gasteiger charge is -2.10. The van der Waals surface area contributed by atoms with Crippen molar-refractivity contribution in [1.29, 1.82) is 5.41 Å². The number of carbonyl (C=O) groups is 1. The number of rotatable bonds is 4. The number of fused-ring (bicyclic) bond motifs is 1. The van der Waals surface area contributed by atoms with Crippen LogP contribution in [0, 0.1) is 5.41 Å². The molecule has 1 amide bonds. The highest BCUT2D eigenvalue weighted by molar-refractivity contribution is 7.85. The first-order valence-electron chi connectivity index (χ1n) is 7.52. The molecule has 0 aliphatic heterocycles. The molecule has 7 nitrogen and oxygen atoms in total. The topological polar surface area (TPSA) is 133 Å². The van der Waals surface area contributed by atoms with Gasteiger partial charge in [-0.15, -0.1) is 0 Å². The quantitative estimate of drug-likeness (QED) is 0.319. The highest BCUT2D eigenvalue weighted by Gasteiger charge is 2.14. The molecule has 0 unspecified atom stereocenters. The van der Waals surface area contributed by atoms with Crippen LogP contribution in [0.4, 0.5) is 5.69 Å². The number of anilines is 1. The number of hydrogen-bond donors (Lipinski definition) is 4. The van der Waals surface area contributed by atoms with Gasteiger partial charge in [-0.05, 0) is 35.7 Å². The summed E-state index contributed by atoms with van der Waals surface area (Å²) >= 11 is 0. The summed E-state index contributed by atoms with van der Waals surface area (Å²) in [4.78, 5) is 12.1. The van der Waals surface area contributed by atoms with E-state index >= 15 is 0 Å². The van der Waals surface area contributed by atoms with E-state index in [1.807, 2.05) is 6.07 Å². The van der Waals surface area contributed by atoms with Gasteiger partial charge in [0.15, 0.2) is 0 Å². The van der Waals surface area contributed by atoms with Gasteiger partial charge in [0, 0.05) is 22.2 Å². The van der Waals surface area contributed by atoms with Crippen LogP contribution < -0.4 is 11.1 Å². The predicted octanol–water partition coefficient (Wildman–Crippen LogP) is 2.62. The lowest BCUT2D eigenvalue weighted by atomic mass is 10.0. The SMILES string of the molecule is N=C(N)c1ccc2cccc(NC(=O)c3cccc(S(=O)(=O)O)c3)c2c1. The van der Waals surface area contributed by atoms with Crippen LogP contribution in [-0.4, -0.2) is 24.7 Å². The number of carbonyl (C=O) groups excluding carboxylic acids is 1. The van der Waals surface area contributed by atoms with Crippen molar-refractivity contribution in [3.8, 4) is 0 Å². The summed E-state index contributed by atoms with van der Waals surface area (Å²) in [5.74, 6) is -0.620. The smallest absolute Gasteiger partial charge is 0.294 e. The van der Waals surface area contributed by atoms with Gasteiger partial charge in [-0.1, -0.05) is 30.3 Å². The zero-order chi connectivity index (χ0) is 18.9. The van der Waals surface area contributed by atoms with Crippen molar-refractivity contribution < 1.29 is 17.8 Å². The van der Waals surface area contributed by atoms with E-state index in [9.17, 15) is 13.2 Å². The molecule has 0 heterocycles. The predicted molar refractivity (Wildman–Crippen MR) is 99.2 cm³/mol. The summed E-state index contributed by atoms with van der Waals surface area (Å²) in [6.45, 7) is 0. The van der Waals surface area contributed by atoms with Crippen LogP contribution in [0.2, 0.25) is 0 Å². The molecule has 0 fully saturated rings.